The molecular formula is C16H20FN. The second kappa shape index (κ2) is 5.38. The molecule has 0 saturated carbocycles. The number of nitrogens with zero attached hydrogens (tertiary/aromatic N) is 1. The summed E-state index contributed by atoms with van der Waals surface area (Å²) in [7, 11) is 0. The molecule has 0 N–H and O–H groups in total. The molecule has 2 rings (SSSR count). The van der Waals surface area contributed by atoms with Crippen molar-refractivity contribution in [2.45, 2.75) is 33.1 Å². The molecule has 2 heteroatoms. The van der Waals surface area contributed by atoms with Crippen molar-refractivity contribution in [3.63, 3.8) is 0 Å². The Hall–Kier alpha value is -1.57. The van der Waals surface area contributed by atoms with Gasteiger partial charge < -0.3 is 0 Å². The Bertz CT molecular complexity index is 513. The molecule has 0 spiro atoms. The monoisotopic (exact) mass is 245 g/mol. The fourth-order valence-corrected chi connectivity index (χ4v) is 2.51. The third-order valence-electron chi connectivity index (χ3n) is 3.25. The summed E-state index contributed by atoms with van der Waals surface area (Å²) in [6.07, 6.45) is 2.89. The summed E-state index contributed by atoms with van der Waals surface area (Å²) in [6.45, 7) is 6.64. The molecular weight excluding hydrogens is 225 g/mol. The highest BCUT2D eigenvalue weighted by Crippen LogP contribution is 2.28. The molecule has 96 valence electrons. The van der Waals surface area contributed by atoms with Crippen LogP contribution in [-0.2, 0) is 0 Å². The van der Waals surface area contributed by atoms with E-state index in [1.165, 1.54) is 11.6 Å². The first-order valence-electron chi connectivity index (χ1n) is 6.51. The van der Waals surface area contributed by atoms with E-state index in [2.05, 4.69) is 26.8 Å². The molecule has 0 aliphatic rings. The molecule has 2 aromatic rings. The Morgan fingerprint density at radius 1 is 1.06 bits per heavy atom. The predicted octanol–water partition coefficient (Wildman–Crippen LogP) is 4.77. The minimum atomic E-state index is -0.209. The van der Waals surface area contributed by atoms with Crippen molar-refractivity contribution < 1.29 is 4.39 Å². The largest absolute Gasteiger partial charge is 0.293 e. The molecule has 0 bridgehead atoms. The summed E-state index contributed by atoms with van der Waals surface area (Å²) in [5.74, 6) is 0.866. The van der Waals surface area contributed by atoms with E-state index in [1.54, 1.807) is 16.8 Å². The van der Waals surface area contributed by atoms with Gasteiger partial charge in [-0.1, -0.05) is 39.0 Å². The highest BCUT2D eigenvalue weighted by atomic mass is 19.1. The first-order valence-corrected chi connectivity index (χ1v) is 6.51. The lowest BCUT2D eigenvalue weighted by atomic mass is 9.91. The van der Waals surface area contributed by atoms with Gasteiger partial charge >= 0.3 is 0 Å². The van der Waals surface area contributed by atoms with Crippen molar-refractivity contribution in [1.82, 2.24) is 4.57 Å². The number of aromatic nitrogens is 1. The number of rotatable bonds is 4. The Labute approximate surface area is 108 Å². The summed E-state index contributed by atoms with van der Waals surface area (Å²) in [5, 5.41) is 0. The molecule has 0 radical (unpaired) electrons. The van der Waals surface area contributed by atoms with Gasteiger partial charge in [-0.2, -0.15) is 4.39 Å². The Balaban J connectivity index is 2.40. The molecule has 1 heterocycles. The first-order chi connectivity index (χ1) is 8.59. The third kappa shape index (κ3) is 2.63. The van der Waals surface area contributed by atoms with Crippen LogP contribution in [0.25, 0.3) is 5.69 Å². The molecule has 18 heavy (non-hydrogen) atoms. The summed E-state index contributed by atoms with van der Waals surface area (Å²) in [6, 6.07) is 11.3. The van der Waals surface area contributed by atoms with Crippen LogP contribution in [0.5, 0.6) is 0 Å². The fraction of sp³-hybridized carbons (Fsp3) is 0.375. The van der Waals surface area contributed by atoms with Gasteiger partial charge in [0.25, 0.3) is 0 Å². The van der Waals surface area contributed by atoms with Crippen molar-refractivity contribution in [1.29, 1.82) is 0 Å². The van der Waals surface area contributed by atoms with E-state index >= 15 is 0 Å². The van der Waals surface area contributed by atoms with Crippen molar-refractivity contribution in [3.05, 3.63) is 54.1 Å². The van der Waals surface area contributed by atoms with Crippen LogP contribution in [0.1, 0.15) is 38.7 Å². The van der Waals surface area contributed by atoms with Gasteiger partial charge in [0.15, 0.2) is 5.95 Å². The van der Waals surface area contributed by atoms with Gasteiger partial charge in [0, 0.05) is 6.20 Å². The number of hydrogen-bond acceptors (Lipinski definition) is 0. The number of benzene rings is 1. The average molecular weight is 245 g/mol. The SMILES string of the molecule is CC(C)CC(C)c1ccccc1-n1cccc1F. The quantitative estimate of drug-likeness (QED) is 0.731. The first kappa shape index (κ1) is 12.9. The lowest BCUT2D eigenvalue weighted by Crippen LogP contribution is -2.05. The van der Waals surface area contributed by atoms with Gasteiger partial charge in [-0.05, 0) is 42.0 Å². The van der Waals surface area contributed by atoms with Crippen molar-refractivity contribution >= 4 is 0 Å². The standard InChI is InChI=1S/C16H20FN/c1-12(2)11-13(3)14-7-4-5-8-15(14)18-10-6-9-16(18)17/h4-10,12-13H,11H2,1-3H3. The van der Waals surface area contributed by atoms with Gasteiger partial charge in [-0.15, -0.1) is 0 Å². The van der Waals surface area contributed by atoms with Crippen LogP contribution >= 0.6 is 0 Å². The molecule has 0 fully saturated rings. The maximum Gasteiger partial charge on any atom is 0.198 e. The predicted molar refractivity (Wildman–Crippen MR) is 73.6 cm³/mol. The van der Waals surface area contributed by atoms with Crippen LogP contribution in [0.15, 0.2) is 42.6 Å². The summed E-state index contributed by atoms with van der Waals surface area (Å²) < 4.78 is 15.3. The maximum atomic E-state index is 13.7. The molecule has 0 aliphatic carbocycles. The Kier molecular flexibility index (Phi) is 3.85. The zero-order valence-corrected chi connectivity index (χ0v) is 11.2. The highest BCUT2D eigenvalue weighted by Gasteiger charge is 2.14. The minimum Gasteiger partial charge on any atom is -0.293 e. The second-order valence-electron chi connectivity index (χ2n) is 5.29. The van der Waals surface area contributed by atoms with Crippen molar-refractivity contribution in [3.8, 4) is 5.69 Å². The van der Waals surface area contributed by atoms with Crippen LogP contribution in [-0.4, -0.2) is 4.57 Å². The molecule has 1 nitrogen and oxygen atoms in total. The van der Waals surface area contributed by atoms with Crippen LogP contribution in [0, 0.1) is 11.9 Å². The topological polar surface area (TPSA) is 4.93 Å². The van der Waals surface area contributed by atoms with E-state index in [0.29, 0.717) is 11.8 Å². The van der Waals surface area contributed by atoms with Crippen LogP contribution in [0.3, 0.4) is 0 Å². The molecule has 1 unspecified atom stereocenters. The highest BCUT2D eigenvalue weighted by molar-refractivity contribution is 5.43. The van der Waals surface area contributed by atoms with Crippen LogP contribution in [0.2, 0.25) is 0 Å². The smallest absolute Gasteiger partial charge is 0.198 e. The van der Waals surface area contributed by atoms with E-state index < -0.39 is 0 Å². The van der Waals surface area contributed by atoms with Crippen LogP contribution < -0.4 is 0 Å². The molecule has 1 atom stereocenters. The molecule has 0 amide bonds. The Morgan fingerprint density at radius 2 is 1.78 bits per heavy atom. The zero-order valence-electron chi connectivity index (χ0n) is 11.2. The maximum absolute atomic E-state index is 13.7. The van der Waals surface area contributed by atoms with Crippen molar-refractivity contribution in [2.24, 2.45) is 5.92 Å². The van der Waals surface area contributed by atoms with E-state index in [1.807, 2.05) is 18.2 Å². The van der Waals surface area contributed by atoms with E-state index in [0.717, 1.165) is 12.1 Å². The molecule has 0 saturated heterocycles. The fourth-order valence-electron chi connectivity index (χ4n) is 2.51. The minimum absolute atomic E-state index is 0.209. The molecule has 0 aliphatic heterocycles. The zero-order chi connectivity index (χ0) is 13.1. The molecule has 1 aromatic heterocycles. The lowest BCUT2D eigenvalue weighted by molar-refractivity contribution is 0.518. The summed E-state index contributed by atoms with van der Waals surface area (Å²) in [4.78, 5) is 0. The number of halogens is 1. The van der Waals surface area contributed by atoms with Crippen LogP contribution in [0.4, 0.5) is 4.39 Å². The lowest BCUT2D eigenvalue weighted by Gasteiger charge is -2.19. The summed E-state index contributed by atoms with van der Waals surface area (Å²) >= 11 is 0. The van der Waals surface area contributed by atoms with E-state index in [4.69, 9.17) is 0 Å². The summed E-state index contributed by atoms with van der Waals surface area (Å²) in [5.41, 5.74) is 2.16. The molecule has 1 aromatic carbocycles. The van der Waals surface area contributed by atoms with Gasteiger partial charge in [-0.3, -0.25) is 4.57 Å². The third-order valence-corrected chi connectivity index (χ3v) is 3.25. The van der Waals surface area contributed by atoms with Gasteiger partial charge in [0.1, 0.15) is 0 Å². The number of hydrogen-bond donors (Lipinski definition) is 0. The second-order valence-corrected chi connectivity index (χ2v) is 5.29. The van der Waals surface area contributed by atoms with E-state index in [-0.39, 0.29) is 5.95 Å². The van der Waals surface area contributed by atoms with Gasteiger partial charge in [0.05, 0.1) is 5.69 Å². The number of para-hydroxylation sites is 1. The van der Waals surface area contributed by atoms with E-state index in [9.17, 15) is 4.39 Å². The van der Waals surface area contributed by atoms with Crippen molar-refractivity contribution in [2.75, 3.05) is 0 Å². The van der Waals surface area contributed by atoms with Gasteiger partial charge in [0.2, 0.25) is 0 Å². The normalized spacial score (nSPS) is 12.9. The van der Waals surface area contributed by atoms with Gasteiger partial charge in [-0.25, -0.2) is 0 Å². The Morgan fingerprint density at radius 3 is 2.39 bits per heavy atom. The average Bonchev–Trinajstić information content (AvgIpc) is 2.74.